The van der Waals surface area contributed by atoms with Crippen LogP contribution in [0.4, 0.5) is 11.8 Å². The van der Waals surface area contributed by atoms with E-state index in [0.29, 0.717) is 11.9 Å². The summed E-state index contributed by atoms with van der Waals surface area (Å²) in [6.07, 6.45) is 0. The Morgan fingerprint density at radius 1 is 1.35 bits per heavy atom. The van der Waals surface area contributed by atoms with Crippen LogP contribution in [-0.2, 0) is 4.74 Å². The first-order valence-electron chi connectivity index (χ1n) is 6.89. The van der Waals surface area contributed by atoms with Gasteiger partial charge < -0.3 is 15.4 Å². The number of ether oxygens (including phenoxy) is 1. The van der Waals surface area contributed by atoms with Crippen LogP contribution >= 0.6 is 11.3 Å². The summed E-state index contributed by atoms with van der Waals surface area (Å²) in [5, 5.41) is 7.70. The Balaban J connectivity index is 2.24. The van der Waals surface area contributed by atoms with Crippen molar-refractivity contribution < 1.29 is 4.74 Å². The average molecular weight is 294 g/mol. The number of fused-ring (bicyclic) bond motifs is 1. The molecule has 0 fully saturated rings. The molecule has 0 aromatic carbocycles. The van der Waals surface area contributed by atoms with Crippen LogP contribution in [0.2, 0.25) is 0 Å². The summed E-state index contributed by atoms with van der Waals surface area (Å²) in [6.45, 7) is 8.68. The van der Waals surface area contributed by atoms with Gasteiger partial charge in [0.1, 0.15) is 10.6 Å². The van der Waals surface area contributed by atoms with Crippen LogP contribution in [0.5, 0.6) is 0 Å². The van der Waals surface area contributed by atoms with E-state index < -0.39 is 0 Å². The Morgan fingerprint density at radius 3 is 2.85 bits per heavy atom. The first kappa shape index (κ1) is 15.0. The van der Waals surface area contributed by atoms with Crippen molar-refractivity contribution in [2.75, 3.05) is 37.4 Å². The number of nitrogens with one attached hydrogen (secondary N) is 2. The fourth-order valence-electron chi connectivity index (χ4n) is 2.03. The number of hydrogen-bond donors (Lipinski definition) is 2. The highest BCUT2D eigenvalue weighted by atomic mass is 32.1. The van der Waals surface area contributed by atoms with Crippen LogP contribution < -0.4 is 10.6 Å². The molecule has 20 heavy (non-hydrogen) atoms. The number of anilines is 2. The van der Waals surface area contributed by atoms with Gasteiger partial charge in [-0.05, 0) is 25.8 Å². The lowest BCUT2D eigenvalue weighted by Gasteiger charge is -2.13. The molecule has 5 nitrogen and oxygen atoms in total. The van der Waals surface area contributed by atoms with Gasteiger partial charge in [-0.2, -0.15) is 4.98 Å². The second kappa shape index (κ2) is 6.85. The largest absolute Gasteiger partial charge is 0.384 e. The molecule has 0 aliphatic rings. The Morgan fingerprint density at radius 2 is 2.15 bits per heavy atom. The predicted octanol–water partition coefficient (Wildman–Crippen LogP) is 3.13. The highest BCUT2D eigenvalue weighted by molar-refractivity contribution is 7.18. The maximum Gasteiger partial charge on any atom is 0.226 e. The number of rotatable bonds is 7. The second-order valence-electron chi connectivity index (χ2n) is 4.94. The van der Waals surface area contributed by atoms with Crippen LogP contribution in [-0.4, -0.2) is 36.8 Å². The van der Waals surface area contributed by atoms with E-state index in [9.17, 15) is 0 Å². The van der Waals surface area contributed by atoms with E-state index in [1.54, 1.807) is 18.4 Å². The summed E-state index contributed by atoms with van der Waals surface area (Å²) in [5.74, 6) is 2.02. The summed E-state index contributed by atoms with van der Waals surface area (Å²) in [5.41, 5.74) is 0. The highest BCUT2D eigenvalue weighted by Crippen LogP contribution is 2.29. The van der Waals surface area contributed by atoms with E-state index >= 15 is 0 Å². The van der Waals surface area contributed by atoms with Crippen molar-refractivity contribution in [3.63, 3.8) is 0 Å². The molecule has 2 rings (SSSR count). The van der Waals surface area contributed by atoms with Crippen molar-refractivity contribution in [2.24, 2.45) is 5.92 Å². The lowest BCUT2D eigenvalue weighted by Crippen LogP contribution is -2.17. The molecular formula is C14H22N4OS. The summed E-state index contributed by atoms with van der Waals surface area (Å²) in [4.78, 5) is 11.4. The van der Waals surface area contributed by atoms with Crippen molar-refractivity contribution in [3.05, 3.63) is 10.9 Å². The van der Waals surface area contributed by atoms with E-state index in [1.165, 1.54) is 4.88 Å². The molecule has 0 aliphatic heterocycles. The summed E-state index contributed by atoms with van der Waals surface area (Å²) < 4.78 is 5.16. The van der Waals surface area contributed by atoms with Gasteiger partial charge in [0.15, 0.2) is 0 Å². The van der Waals surface area contributed by atoms with Crippen LogP contribution in [0.25, 0.3) is 10.2 Å². The van der Waals surface area contributed by atoms with E-state index in [4.69, 9.17) is 4.74 Å². The third-order valence-corrected chi connectivity index (χ3v) is 3.86. The van der Waals surface area contributed by atoms with Crippen LogP contribution in [0, 0.1) is 12.8 Å². The SMILES string of the molecule is CCNc1nc(NCC(C)COC)c2cc(C)sc2n1. The van der Waals surface area contributed by atoms with Gasteiger partial charge in [-0.25, -0.2) is 4.98 Å². The number of nitrogens with zero attached hydrogens (tertiary/aromatic N) is 2. The Hall–Kier alpha value is -1.40. The molecule has 1 unspecified atom stereocenters. The number of hydrogen-bond acceptors (Lipinski definition) is 6. The van der Waals surface area contributed by atoms with Crippen molar-refractivity contribution in [1.82, 2.24) is 9.97 Å². The maximum atomic E-state index is 5.16. The molecule has 0 saturated carbocycles. The minimum atomic E-state index is 0.437. The van der Waals surface area contributed by atoms with Gasteiger partial charge in [-0.15, -0.1) is 11.3 Å². The molecule has 0 bridgehead atoms. The van der Waals surface area contributed by atoms with E-state index in [-0.39, 0.29) is 0 Å². The van der Waals surface area contributed by atoms with Gasteiger partial charge >= 0.3 is 0 Å². The van der Waals surface area contributed by atoms with Crippen molar-refractivity contribution >= 4 is 33.3 Å². The fourth-order valence-corrected chi connectivity index (χ4v) is 2.91. The first-order chi connectivity index (χ1) is 9.63. The maximum absolute atomic E-state index is 5.16. The van der Waals surface area contributed by atoms with Crippen molar-refractivity contribution in [3.8, 4) is 0 Å². The molecule has 0 radical (unpaired) electrons. The zero-order valence-corrected chi connectivity index (χ0v) is 13.3. The van der Waals surface area contributed by atoms with Crippen molar-refractivity contribution in [2.45, 2.75) is 20.8 Å². The quantitative estimate of drug-likeness (QED) is 0.821. The smallest absolute Gasteiger partial charge is 0.226 e. The van der Waals surface area contributed by atoms with E-state index in [2.05, 4.69) is 40.5 Å². The molecule has 0 saturated heterocycles. The molecule has 110 valence electrons. The van der Waals surface area contributed by atoms with Crippen LogP contribution in [0.1, 0.15) is 18.7 Å². The van der Waals surface area contributed by atoms with Gasteiger partial charge in [0.05, 0.1) is 12.0 Å². The lowest BCUT2D eigenvalue weighted by molar-refractivity contribution is 0.164. The van der Waals surface area contributed by atoms with Crippen LogP contribution in [0.3, 0.4) is 0 Å². The van der Waals surface area contributed by atoms with Gasteiger partial charge in [0.2, 0.25) is 5.95 Å². The number of aryl methyl sites for hydroxylation is 1. The summed E-state index contributed by atoms with van der Waals surface area (Å²) in [7, 11) is 1.73. The van der Waals surface area contributed by atoms with Gasteiger partial charge in [-0.1, -0.05) is 6.92 Å². The Bertz CT molecular complexity index is 570. The minimum absolute atomic E-state index is 0.437. The third kappa shape index (κ3) is 3.58. The normalized spacial score (nSPS) is 12.6. The molecule has 6 heteroatoms. The minimum Gasteiger partial charge on any atom is -0.384 e. The van der Waals surface area contributed by atoms with Crippen LogP contribution in [0.15, 0.2) is 6.07 Å². The van der Waals surface area contributed by atoms with Gasteiger partial charge in [0, 0.05) is 25.1 Å². The molecular weight excluding hydrogens is 272 g/mol. The monoisotopic (exact) mass is 294 g/mol. The third-order valence-electron chi connectivity index (χ3n) is 2.92. The summed E-state index contributed by atoms with van der Waals surface area (Å²) in [6, 6.07) is 2.14. The van der Waals surface area contributed by atoms with E-state index in [1.807, 2.05) is 6.92 Å². The molecule has 2 aromatic rings. The predicted molar refractivity (Wildman–Crippen MR) is 85.8 cm³/mol. The fraction of sp³-hybridized carbons (Fsp3) is 0.571. The standard InChI is InChI=1S/C14H22N4OS/c1-5-15-14-17-12(16-7-9(2)8-19-4)11-6-10(3)20-13(11)18-14/h6,9H,5,7-8H2,1-4H3,(H2,15,16,17,18). The molecule has 0 aliphatic carbocycles. The summed E-state index contributed by atoms with van der Waals surface area (Å²) >= 11 is 1.70. The Kier molecular flexibility index (Phi) is 5.14. The van der Waals surface area contributed by atoms with Gasteiger partial charge in [-0.3, -0.25) is 0 Å². The Labute approximate surface area is 123 Å². The van der Waals surface area contributed by atoms with Crippen molar-refractivity contribution in [1.29, 1.82) is 0 Å². The molecule has 2 N–H and O–H groups in total. The number of methoxy groups -OCH3 is 1. The highest BCUT2D eigenvalue weighted by Gasteiger charge is 2.11. The first-order valence-corrected chi connectivity index (χ1v) is 7.70. The molecule has 0 spiro atoms. The average Bonchev–Trinajstić information content (AvgIpc) is 2.77. The van der Waals surface area contributed by atoms with E-state index in [0.717, 1.165) is 35.7 Å². The molecule has 2 heterocycles. The zero-order chi connectivity index (χ0) is 14.5. The number of thiophene rings is 1. The zero-order valence-electron chi connectivity index (χ0n) is 12.5. The molecule has 1 atom stereocenters. The lowest BCUT2D eigenvalue weighted by atomic mass is 10.2. The second-order valence-corrected chi connectivity index (χ2v) is 6.18. The topological polar surface area (TPSA) is 59.1 Å². The molecule has 2 aromatic heterocycles. The molecule has 0 amide bonds. The number of aromatic nitrogens is 2. The van der Waals surface area contributed by atoms with Gasteiger partial charge in [0.25, 0.3) is 0 Å².